The molecule has 0 heterocycles. The number of aryl methyl sites for hydroxylation is 1. The van der Waals surface area contributed by atoms with Gasteiger partial charge in [-0.3, -0.25) is 13.9 Å². The number of sulfonamides is 1. The first-order chi connectivity index (χ1) is 18.6. The lowest BCUT2D eigenvalue weighted by Gasteiger charge is -2.32. The van der Waals surface area contributed by atoms with E-state index in [1.807, 2.05) is 6.92 Å². The van der Waals surface area contributed by atoms with Gasteiger partial charge in [-0.2, -0.15) is 0 Å². The predicted octanol–water partition coefficient (Wildman–Crippen LogP) is 4.28. The maximum Gasteiger partial charge on any atom is 0.264 e. The number of ether oxygens (including phenoxy) is 1. The summed E-state index contributed by atoms with van der Waals surface area (Å²) in [5, 5.41) is 2.76. The van der Waals surface area contributed by atoms with Crippen LogP contribution in [0, 0.1) is 12.7 Å². The fourth-order valence-electron chi connectivity index (χ4n) is 4.02. The van der Waals surface area contributed by atoms with Crippen LogP contribution in [0.4, 0.5) is 10.1 Å². The first kappa shape index (κ1) is 29.6. The van der Waals surface area contributed by atoms with Gasteiger partial charge >= 0.3 is 0 Å². The Bertz CT molecular complexity index is 1400. The maximum absolute atomic E-state index is 14.6. The Morgan fingerprint density at radius 2 is 1.69 bits per heavy atom. The molecule has 1 N–H and O–H groups in total. The number of hydrogen-bond donors (Lipinski definition) is 1. The predicted molar refractivity (Wildman–Crippen MR) is 148 cm³/mol. The van der Waals surface area contributed by atoms with Crippen LogP contribution in [-0.4, -0.2) is 51.4 Å². The van der Waals surface area contributed by atoms with E-state index in [1.54, 1.807) is 49.4 Å². The Hall–Kier alpha value is -3.92. The molecule has 3 aromatic carbocycles. The van der Waals surface area contributed by atoms with E-state index in [1.165, 1.54) is 49.3 Å². The van der Waals surface area contributed by atoms with Crippen LogP contribution >= 0.6 is 0 Å². The molecule has 0 spiro atoms. The Balaban J connectivity index is 2.09. The quantitative estimate of drug-likeness (QED) is 0.360. The van der Waals surface area contributed by atoms with Crippen molar-refractivity contribution in [2.75, 3.05) is 24.5 Å². The highest BCUT2D eigenvalue weighted by Gasteiger charge is 2.34. The smallest absolute Gasteiger partial charge is 0.264 e. The molecular weight excluding hydrogens is 521 g/mol. The maximum atomic E-state index is 14.6. The van der Waals surface area contributed by atoms with Gasteiger partial charge in [-0.25, -0.2) is 12.8 Å². The van der Waals surface area contributed by atoms with E-state index in [0.717, 1.165) is 9.87 Å². The molecule has 10 heteroatoms. The molecule has 0 saturated heterocycles. The van der Waals surface area contributed by atoms with E-state index in [9.17, 15) is 22.4 Å². The summed E-state index contributed by atoms with van der Waals surface area (Å²) < 4.78 is 48.8. The molecular formula is C29H34FN3O5S. The van der Waals surface area contributed by atoms with Crippen LogP contribution in [0.3, 0.4) is 0 Å². The van der Waals surface area contributed by atoms with Crippen molar-refractivity contribution in [2.24, 2.45) is 0 Å². The van der Waals surface area contributed by atoms with Crippen LogP contribution < -0.4 is 14.4 Å². The lowest BCUT2D eigenvalue weighted by molar-refractivity contribution is -0.139. The number of nitrogens with zero attached hydrogens (tertiary/aromatic N) is 2. The highest BCUT2D eigenvalue weighted by atomic mass is 32.2. The van der Waals surface area contributed by atoms with Gasteiger partial charge in [0.15, 0.2) is 0 Å². The van der Waals surface area contributed by atoms with Crippen molar-refractivity contribution in [3.05, 3.63) is 89.7 Å². The third-order valence-electron chi connectivity index (χ3n) is 6.23. The minimum absolute atomic E-state index is 0.0178. The van der Waals surface area contributed by atoms with Gasteiger partial charge in [0, 0.05) is 18.7 Å². The Labute approximate surface area is 229 Å². The third-order valence-corrected chi connectivity index (χ3v) is 8.00. The zero-order chi connectivity index (χ0) is 28.6. The van der Waals surface area contributed by atoms with Crippen LogP contribution in [-0.2, 0) is 26.2 Å². The molecule has 0 aliphatic heterocycles. The number of carbonyl (C=O) groups is 2. The van der Waals surface area contributed by atoms with E-state index in [4.69, 9.17) is 4.74 Å². The first-order valence-corrected chi connectivity index (χ1v) is 14.1. The molecule has 0 aliphatic rings. The summed E-state index contributed by atoms with van der Waals surface area (Å²) in [7, 11) is -2.83. The van der Waals surface area contributed by atoms with Crippen LogP contribution in [0.15, 0.2) is 77.7 Å². The average Bonchev–Trinajstić information content (AvgIpc) is 2.94. The second-order valence-corrected chi connectivity index (χ2v) is 10.9. The summed E-state index contributed by atoms with van der Waals surface area (Å²) in [6.07, 6.45) is 0.690. The number of amides is 2. The van der Waals surface area contributed by atoms with E-state index in [2.05, 4.69) is 5.32 Å². The van der Waals surface area contributed by atoms with E-state index in [-0.39, 0.29) is 28.4 Å². The monoisotopic (exact) mass is 555 g/mol. The van der Waals surface area contributed by atoms with E-state index >= 15 is 0 Å². The molecule has 0 bridgehead atoms. The SMILES string of the molecule is CCCNC(=O)[C@H](C)N(Cc1ccccc1F)C(=O)CN(c1cc(C)ccc1OC)S(=O)(=O)c1ccccc1. The van der Waals surface area contributed by atoms with E-state index < -0.39 is 40.2 Å². The van der Waals surface area contributed by atoms with Crippen molar-refractivity contribution in [3.8, 4) is 5.75 Å². The van der Waals surface area contributed by atoms with Gasteiger partial charge in [0.25, 0.3) is 10.0 Å². The molecule has 0 fully saturated rings. The number of rotatable bonds is 12. The molecule has 39 heavy (non-hydrogen) atoms. The lowest BCUT2D eigenvalue weighted by Crippen LogP contribution is -2.51. The average molecular weight is 556 g/mol. The molecule has 1 atom stereocenters. The summed E-state index contributed by atoms with van der Waals surface area (Å²) in [4.78, 5) is 28.0. The molecule has 0 aliphatic carbocycles. The molecule has 0 unspecified atom stereocenters. The van der Waals surface area contributed by atoms with Crippen LogP contribution in [0.2, 0.25) is 0 Å². The van der Waals surface area contributed by atoms with Crippen molar-refractivity contribution < 1.29 is 27.1 Å². The topological polar surface area (TPSA) is 96.0 Å². The minimum atomic E-state index is -4.24. The van der Waals surface area contributed by atoms with Gasteiger partial charge in [-0.1, -0.05) is 49.4 Å². The number of methoxy groups -OCH3 is 1. The summed E-state index contributed by atoms with van der Waals surface area (Å²) in [6.45, 7) is 4.76. The van der Waals surface area contributed by atoms with Gasteiger partial charge in [0.1, 0.15) is 24.2 Å². The zero-order valence-electron chi connectivity index (χ0n) is 22.6. The van der Waals surface area contributed by atoms with Crippen LogP contribution in [0.25, 0.3) is 0 Å². The third kappa shape index (κ3) is 7.14. The molecule has 2 amide bonds. The number of anilines is 1. The molecule has 8 nitrogen and oxygen atoms in total. The highest BCUT2D eigenvalue weighted by Crippen LogP contribution is 2.33. The van der Waals surface area contributed by atoms with Gasteiger partial charge < -0.3 is 15.0 Å². The molecule has 0 saturated carbocycles. The van der Waals surface area contributed by atoms with Gasteiger partial charge in [-0.15, -0.1) is 0 Å². The van der Waals surface area contributed by atoms with Crippen LogP contribution in [0.5, 0.6) is 5.75 Å². The van der Waals surface area contributed by atoms with Gasteiger partial charge in [-0.05, 0) is 56.2 Å². The normalized spacial score (nSPS) is 11.9. The number of carbonyl (C=O) groups excluding carboxylic acids is 2. The molecule has 3 aromatic rings. The standard InChI is InChI=1S/C29H34FN3O5S/c1-5-17-31-29(35)22(3)32(19-23-11-9-10-14-25(23)30)28(34)20-33(26-18-21(2)15-16-27(26)38-4)39(36,37)24-12-7-6-8-13-24/h6-16,18,22H,5,17,19-20H2,1-4H3,(H,31,35)/t22-/m0/s1. The second kappa shape index (κ2) is 13.2. The fourth-order valence-corrected chi connectivity index (χ4v) is 5.45. The zero-order valence-corrected chi connectivity index (χ0v) is 23.4. The molecule has 0 radical (unpaired) electrons. The summed E-state index contributed by atoms with van der Waals surface area (Å²) in [6, 6.07) is 17.7. The largest absolute Gasteiger partial charge is 0.495 e. The molecule has 0 aromatic heterocycles. The Morgan fingerprint density at radius 3 is 2.33 bits per heavy atom. The minimum Gasteiger partial charge on any atom is -0.495 e. The van der Waals surface area contributed by atoms with Crippen molar-refractivity contribution >= 4 is 27.5 Å². The summed E-state index contributed by atoms with van der Waals surface area (Å²) in [5.74, 6) is -1.39. The highest BCUT2D eigenvalue weighted by molar-refractivity contribution is 7.92. The number of nitrogens with one attached hydrogen (secondary N) is 1. The van der Waals surface area contributed by atoms with Crippen LogP contribution in [0.1, 0.15) is 31.4 Å². The first-order valence-electron chi connectivity index (χ1n) is 12.6. The number of halogens is 1. The van der Waals surface area contributed by atoms with Crippen molar-refractivity contribution in [3.63, 3.8) is 0 Å². The number of benzene rings is 3. The number of hydrogen-bond acceptors (Lipinski definition) is 5. The second-order valence-electron chi connectivity index (χ2n) is 9.08. The Kier molecular flexibility index (Phi) is 10.1. The van der Waals surface area contributed by atoms with Gasteiger partial charge in [0.2, 0.25) is 11.8 Å². The fraction of sp³-hybridized carbons (Fsp3) is 0.310. The molecule has 3 rings (SSSR count). The van der Waals surface area contributed by atoms with Crippen molar-refractivity contribution in [1.29, 1.82) is 0 Å². The summed E-state index contributed by atoms with van der Waals surface area (Å²) >= 11 is 0. The van der Waals surface area contributed by atoms with Crippen molar-refractivity contribution in [1.82, 2.24) is 10.2 Å². The Morgan fingerprint density at radius 1 is 1.03 bits per heavy atom. The van der Waals surface area contributed by atoms with Crippen molar-refractivity contribution in [2.45, 2.75) is 44.7 Å². The van der Waals surface area contributed by atoms with Gasteiger partial charge in [0.05, 0.1) is 17.7 Å². The van der Waals surface area contributed by atoms with E-state index in [0.29, 0.717) is 13.0 Å². The molecule has 208 valence electrons. The summed E-state index contributed by atoms with van der Waals surface area (Å²) in [5.41, 5.74) is 1.12. The lowest BCUT2D eigenvalue weighted by atomic mass is 10.1.